The molecule has 1 heterocycles. The van der Waals surface area contributed by atoms with E-state index in [1.807, 2.05) is 0 Å². The normalized spacial score (nSPS) is 10.7. The smallest absolute Gasteiger partial charge is 0.228 e. The topological polar surface area (TPSA) is 39.1 Å². The van der Waals surface area contributed by atoms with E-state index in [0.29, 0.717) is 6.07 Å². The Morgan fingerprint density at radius 2 is 2.00 bits per heavy atom. The van der Waals surface area contributed by atoms with Gasteiger partial charge in [-0.15, -0.1) is 0 Å². The molecule has 0 saturated carbocycles. The molecule has 82 valence electrons. The van der Waals surface area contributed by atoms with Gasteiger partial charge < -0.3 is 0 Å². The molecule has 0 unspecified atom stereocenters. The Balaban J connectivity index is 3.04. The van der Waals surface area contributed by atoms with Gasteiger partial charge in [-0.05, 0) is 6.07 Å². The van der Waals surface area contributed by atoms with Crippen LogP contribution in [0.15, 0.2) is 29.2 Å². The van der Waals surface area contributed by atoms with E-state index in [1.165, 1.54) is 13.1 Å². The van der Waals surface area contributed by atoms with Crippen molar-refractivity contribution in [2.24, 2.45) is 0 Å². The van der Waals surface area contributed by atoms with Crippen LogP contribution >= 0.6 is 0 Å². The van der Waals surface area contributed by atoms with Gasteiger partial charge in [0.15, 0.2) is 11.2 Å². The van der Waals surface area contributed by atoms with Crippen LogP contribution in [0.4, 0.5) is 8.78 Å². The highest BCUT2D eigenvalue weighted by Crippen LogP contribution is 2.16. The molecule has 3 nitrogen and oxygen atoms in total. The van der Waals surface area contributed by atoms with Crippen LogP contribution in [-0.2, 0) is 0 Å². The van der Waals surface area contributed by atoms with E-state index in [-0.39, 0.29) is 10.9 Å². The van der Waals surface area contributed by atoms with Crippen molar-refractivity contribution in [2.45, 2.75) is 6.92 Å². The first kappa shape index (κ1) is 10.5. The van der Waals surface area contributed by atoms with E-state index in [1.54, 1.807) is 0 Å². The molecule has 0 radical (unpaired) electrons. The molecule has 0 bridgehead atoms. The zero-order chi connectivity index (χ0) is 11.9. The first-order chi connectivity index (χ1) is 7.50. The average molecular weight is 223 g/mol. The van der Waals surface area contributed by atoms with E-state index in [0.717, 1.165) is 16.7 Å². The average Bonchev–Trinajstić information content (AvgIpc) is 2.19. The minimum Gasteiger partial charge on any atom is -0.289 e. The number of halogens is 2. The molecular formula is C11H7F2NO2. The number of carbonyl (C=O) groups excluding carboxylic acids is 1. The minimum atomic E-state index is -0.928. The lowest BCUT2D eigenvalue weighted by Crippen LogP contribution is -2.14. The Kier molecular flexibility index (Phi) is 2.30. The second-order valence-corrected chi connectivity index (χ2v) is 3.35. The van der Waals surface area contributed by atoms with Crippen LogP contribution in [0.1, 0.15) is 11.7 Å². The van der Waals surface area contributed by atoms with Gasteiger partial charge in [-0.1, -0.05) is 0 Å². The molecule has 0 aliphatic heterocycles. The van der Waals surface area contributed by atoms with Gasteiger partial charge in [0, 0.05) is 25.3 Å². The van der Waals surface area contributed by atoms with E-state index >= 15 is 0 Å². The Labute approximate surface area is 88.9 Å². The third-order valence-corrected chi connectivity index (χ3v) is 2.25. The maximum Gasteiger partial charge on any atom is 0.228 e. The van der Waals surface area contributed by atoms with Crippen molar-refractivity contribution in [1.82, 2.24) is 4.57 Å². The molecule has 0 atom stereocenters. The molecular weight excluding hydrogens is 216 g/mol. The van der Waals surface area contributed by atoms with Crippen molar-refractivity contribution < 1.29 is 13.6 Å². The second-order valence-electron chi connectivity index (χ2n) is 3.35. The highest BCUT2D eigenvalue weighted by molar-refractivity contribution is 5.90. The second kappa shape index (κ2) is 3.52. The molecule has 0 fully saturated rings. The van der Waals surface area contributed by atoms with Crippen LogP contribution < -0.4 is 5.43 Å². The molecule has 0 aliphatic rings. The third kappa shape index (κ3) is 1.50. The molecule has 0 aliphatic carbocycles. The third-order valence-electron chi connectivity index (χ3n) is 2.25. The fourth-order valence-corrected chi connectivity index (χ4v) is 1.57. The van der Waals surface area contributed by atoms with Gasteiger partial charge in [0.2, 0.25) is 5.91 Å². The summed E-state index contributed by atoms with van der Waals surface area (Å²) in [4.78, 5) is 22.6. The lowest BCUT2D eigenvalue weighted by Gasteiger charge is -2.07. The van der Waals surface area contributed by atoms with Gasteiger partial charge in [-0.25, -0.2) is 8.78 Å². The zero-order valence-corrected chi connectivity index (χ0v) is 8.33. The molecule has 16 heavy (non-hydrogen) atoms. The van der Waals surface area contributed by atoms with Crippen molar-refractivity contribution >= 4 is 16.8 Å². The number of nitrogens with zero attached hydrogens (tertiary/aromatic N) is 1. The number of aromatic nitrogens is 1. The summed E-state index contributed by atoms with van der Waals surface area (Å²) < 4.78 is 27.4. The van der Waals surface area contributed by atoms with Crippen molar-refractivity contribution in [3.05, 3.63) is 46.3 Å². The molecule has 0 spiro atoms. The lowest BCUT2D eigenvalue weighted by atomic mass is 10.2. The molecule has 2 rings (SSSR count). The molecule has 1 aromatic heterocycles. The summed E-state index contributed by atoms with van der Waals surface area (Å²) in [5, 5.41) is -0.143. The zero-order valence-electron chi connectivity index (χ0n) is 8.33. The van der Waals surface area contributed by atoms with Crippen LogP contribution in [0.3, 0.4) is 0 Å². The quantitative estimate of drug-likeness (QED) is 0.684. The summed E-state index contributed by atoms with van der Waals surface area (Å²) >= 11 is 0. The standard InChI is InChI=1S/C11H7F2NO2/c1-6(15)14-3-2-10(16)8-4-7(12)5-9(13)11(8)14/h2-5H,1H3. The van der Waals surface area contributed by atoms with Crippen molar-refractivity contribution in [3.63, 3.8) is 0 Å². The highest BCUT2D eigenvalue weighted by atomic mass is 19.1. The first-order valence-electron chi connectivity index (χ1n) is 4.52. The number of benzene rings is 1. The monoisotopic (exact) mass is 223 g/mol. The first-order valence-corrected chi connectivity index (χ1v) is 4.52. The Morgan fingerprint density at radius 1 is 1.31 bits per heavy atom. The maximum absolute atomic E-state index is 13.5. The summed E-state index contributed by atoms with van der Waals surface area (Å²) in [6.45, 7) is 1.23. The molecule has 0 amide bonds. The number of carbonyl (C=O) groups is 1. The van der Waals surface area contributed by atoms with Crippen molar-refractivity contribution in [2.75, 3.05) is 0 Å². The number of rotatable bonds is 0. The highest BCUT2D eigenvalue weighted by Gasteiger charge is 2.12. The molecule has 5 heteroatoms. The van der Waals surface area contributed by atoms with Gasteiger partial charge in [0.1, 0.15) is 5.82 Å². The van der Waals surface area contributed by atoms with Crippen molar-refractivity contribution in [1.29, 1.82) is 0 Å². The van der Waals surface area contributed by atoms with E-state index < -0.39 is 23.0 Å². The number of hydrogen-bond donors (Lipinski definition) is 0. The fourth-order valence-electron chi connectivity index (χ4n) is 1.57. The minimum absolute atomic E-state index is 0.143. The Hall–Kier alpha value is -2.04. The summed E-state index contributed by atoms with van der Waals surface area (Å²) in [6, 6.07) is 2.66. The van der Waals surface area contributed by atoms with E-state index in [2.05, 4.69) is 0 Å². The van der Waals surface area contributed by atoms with Crippen LogP contribution in [0.2, 0.25) is 0 Å². The van der Waals surface area contributed by atoms with E-state index in [9.17, 15) is 18.4 Å². The van der Waals surface area contributed by atoms with Crippen LogP contribution in [0.5, 0.6) is 0 Å². The van der Waals surface area contributed by atoms with Gasteiger partial charge in [-0.3, -0.25) is 14.2 Å². The summed E-state index contributed by atoms with van der Waals surface area (Å²) in [5.41, 5.74) is -0.715. The lowest BCUT2D eigenvalue weighted by molar-refractivity contribution is 0.0940. The molecule has 2 aromatic rings. The van der Waals surface area contributed by atoms with E-state index in [4.69, 9.17) is 0 Å². The predicted molar refractivity (Wildman–Crippen MR) is 54.4 cm³/mol. The summed E-state index contributed by atoms with van der Waals surface area (Å²) in [7, 11) is 0. The summed E-state index contributed by atoms with van der Waals surface area (Å²) in [6.07, 6.45) is 1.17. The molecule has 1 aromatic carbocycles. The Morgan fingerprint density at radius 3 is 2.62 bits per heavy atom. The maximum atomic E-state index is 13.5. The van der Waals surface area contributed by atoms with Gasteiger partial charge in [0.25, 0.3) is 0 Å². The van der Waals surface area contributed by atoms with Crippen LogP contribution in [-0.4, -0.2) is 10.5 Å². The van der Waals surface area contributed by atoms with Crippen LogP contribution in [0, 0.1) is 11.6 Å². The van der Waals surface area contributed by atoms with Crippen molar-refractivity contribution in [3.8, 4) is 0 Å². The van der Waals surface area contributed by atoms with Gasteiger partial charge >= 0.3 is 0 Å². The predicted octanol–water partition coefficient (Wildman–Crippen LogP) is 1.94. The number of fused-ring (bicyclic) bond motifs is 1. The molecule has 0 N–H and O–H groups in total. The Bertz CT molecular complexity index is 646. The van der Waals surface area contributed by atoms with Crippen LogP contribution in [0.25, 0.3) is 10.9 Å². The largest absolute Gasteiger partial charge is 0.289 e. The van der Waals surface area contributed by atoms with Gasteiger partial charge in [-0.2, -0.15) is 0 Å². The number of hydrogen-bond acceptors (Lipinski definition) is 2. The SMILES string of the molecule is CC(=O)n1ccc(=O)c2cc(F)cc(F)c21. The fraction of sp³-hybridized carbons (Fsp3) is 0.0909. The van der Waals surface area contributed by atoms with Gasteiger partial charge in [0.05, 0.1) is 10.9 Å². The number of pyridine rings is 1. The molecule has 0 saturated heterocycles. The summed E-state index contributed by atoms with van der Waals surface area (Å²) in [5.74, 6) is -2.22.